The third-order valence-corrected chi connectivity index (χ3v) is 6.40. The van der Waals surface area contributed by atoms with E-state index < -0.39 is 0 Å². The molecule has 9 heteroatoms. The summed E-state index contributed by atoms with van der Waals surface area (Å²) in [5, 5.41) is 3.27. The van der Waals surface area contributed by atoms with Crippen molar-refractivity contribution in [1.29, 1.82) is 0 Å². The van der Waals surface area contributed by atoms with E-state index in [0.29, 0.717) is 59.6 Å². The van der Waals surface area contributed by atoms with E-state index in [4.69, 9.17) is 14.2 Å². The van der Waals surface area contributed by atoms with E-state index in [0.717, 1.165) is 36.4 Å². The molecule has 6 rings (SSSR count). The average Bonchev–Trinajstić information content (AvgIpc) is 3.52. The summed E-state index contributed by atoms with van der Waals surface area (Å²) in [5.41, 5.74) is 4.81. The Hall–Kier alpha value is -4.11. The number of aromatic nitrogens is 3. The van der Waals surface area contributed by atoms with Crippen molar-refractivity contribution in [1.82, 2.24) is 15.0 Å². The van der Waals surface area contributed by atoms with E-state index in [1.165, 1.54) is 0 Å². The third kappa shape index (κ3) is 4.04. The summed E-state index contributed by atoms with van der Waals surface area (Å²) in [7, 11) is 1.64. The average molecular weight is 472 g/mol. The molecule has 0 unspecified atom stereocenters. The molecule has 2 aromatic heterocycles. The summed E-state index contributed by atoms with van der Waals surface area (Å²) in [6, 6.07) is 13.5. The number of morpholine rings is 1. The third-order valence-electron chi connectivity index (χ3n) is 6.40. The number of hydrogen-bond donors (Lipinski definition) is 2. The zero-order chi connectivity index (χ0) is 23.8. The fourth-order valence-corrected chi connectivity index (χ4v) is 4.63. The zero-order valence-corrected chi connectivity index (χ0v) is 19.3. The van der Waals surface area contributed by atoms with Crippen molar-refractivity contribution in [2.45, 2.75) is 12.8 Å². The zero-order valence-electron chi connectivity index (χ0n) is 19.3. The minimum atomic E-state index is 0.0934. The van der Waals surface area contributed by atoms with E-state index >= 15 is 0 Å². The fraction of sp³-hybridized carbons (Fsp3) is 0.269. The number of rotatable bonds is 6. The van der Waals surface area contributed by atoms with Gasteiger partial charge in [0.05, 0.1) is 37.1 Å². The molecule has 1 aliphatic carbocycles. The monoisotopic (exact) mass is 471 g/mol. The maximum Gasteiger partial charge on any atom is 0.248 e. The van der Waals surface area contributed by atoms with Gasteiger partial charge in [0, 0.05) is 37.5 Å². The van der Waals surface area contributed by atoms with Crippen LogP contribution in [0.1, 0.15) is 22.3 Å². The van der Waals surface area contributed by atoms with E-state index in [9.17, 15) is 4.79 Å². The minimum absolute atomic E-state index is 0.0934. The number of aryl methyl sites for hydroxylation is 1. The van der Waals surface area contributed by atoms with Crippen LogP contribution in [0.3, 0.4) is 0 Å². The van der Waals surface area contributed by atoms with Gasteiger partial charge in [0.15, 0.2) is 5.78 Å². The number of carbonyl (C=O) groups excluding carboxylic acids is 1. The standard InChI is InChI=1S/C26H25N5O4/c1-33-22-15-17(31-11-13-34-14-12-31)6-7-18(22)28-26-29-19-9-10-27-24(19)25(30-26)35-21-4-2-3-16-5-8-20(32)23(16)21/h2-4,6-7,9-10,15,27H,5,8,11-14H2,1H3,(H,28,29,30). The molecule has 4 aromatic rings. The summed E-state index contributed by atoms with van der Waals surface area (Å²) < 4.78 is 17.3. The Morgan fingerprint density at radius 3 is 2.80 bits per heavy atom. The normalized spacial score (nSPS) is 15.3. The van der Waals surface area contributed by atoms with Crippen LogP contribution in [-0.4, -0.2) is 54.1 Å². The Labute approximate surface area is 202 Å². The van der Waals surface area contributed by atoms with Crippen LogP contribution in [0.15, 0.2) is 48.7 Å². The van der Waals surface area contributed by atoms with Gasteiger partial charge < -0.3 is 29.4 Å². The molecule has 0 bridgehead atoms. The number of hydrogen-bond acceptors (Lipinski definition) is 8. The van der Waals surface area contributed by atoms with Crippen molar-refractivity contribution in [3.63, 3.8) is 0 Å². The molecule has 0 radical (unpaired) electrons. The molecule has 9 nitrogen and oxygen atoms in total. The van der Waals surface area contributed by atoms with Crippen LogP contribution < -0.4 is 19.7 Å². The Bertz CT molecular complexity index is 1410. The first-order chi connectivity index (χ1) is 17.2. The molecule has 0 atom stereocenters. The minimum Gasteiger partial charge on any atom is -0.494 e. The van der Waals surface area contributed by atoms with E-state index in [1.54, 1.807) is 19.4 Å². The highest BCUT2D eigenvalue weighted by Crippen LogP contribution is 2.36. The van der Waals surface area contributed by atoms with Crippen molar-refractivity contribution < 1.29 is 19.0 Å². The first-order valence-electron chi connectivity index (χ1n) is 11.7. The lowest BCUT2D eigenvalue weighted by Crippen LogP contribution is -2.36. The molecule has 2 aliphatic rings. The van der Waals surface area contributed by atoms with Gasteiger partial charge in [-0.25, -0.2) is 4.98 Å². The van der Waals surface area contributed by atoms with Gasteiger partial charge >= 0.3 is 0 Å². The van der Waals surface area contributed by atoms with Crippen LogP contribution in [-0.2, 0) is 11.2 Å². The molecule has 0 saturated carbocycles. The van der Waals surface area contributed by atoms with Crippen molar-refractivity contribution >= 4 is 34.1 Å². The molecule has 1 fully saturated rings. The van der Waals surface area contributed by atoms with Crippen LogP contribution in [0.5, 0.6) is 17.4 Å². The molecule has 2 aromatic carbocycles. The van der Waals surface area contributed by atoms with Gasteiger partial charge in [0.1, 0.15) is 17.0 Å². The number of carbonyl (C=O) groups is 1. The number of methoxy groups -OCH3 is 1. The number of Topliss-reactive ketones (excluding diaryl/α,β-unsaturated/α-hetero) is 1. The van der Waals surface area contributed by atoms with E-state index in [1.807, 2.05) is 36.4 Å². The van der Waals surface area contributed by atoms with Gasteiger partial charge in [-0.15, -0.1) is 0 Å². The quantitative estimate of drug-likeness (QED) is 0.425. The Morgan fingerprint density at radius 2 is 1.94 bits per heavy atom. The van der Waals surface area contributed by atoms with Gasteiger partial charge in [-0.3, -0.25) is 4.79 Å². The second-order valence-corrected chi connectivity index (χ2v) is 8.51. The number of fused-ring (bicyclic) bond motifs is 2. The van der Waals surface area contributed by atoms with Crippen LogP contribution in [0.25, 0.3) is 11.0 Å². The van der Waals surface area contributed by atoms with Crippen LogP contribution >= 0.6 is 0 Å². The maximum absolute atomic E-state index is 12.5. The van der Waals surface area contributed by atoms with Gasteiger partial charge in [0.25, 0.3) is 0 Å². The number of aromatic amines is 1. The van der Waals surface area contributed by atoms with Crippen molar-refractivity contribution in [2.24, 2.45) is 0 Å². The lowest BCUT2D eigenvalue weighted by atomic mass is 10.1. The van der Waals surface area contributed by atoms with Crippen LogP contribution in [0, 0.1) is 0 Å². The first-order valence-corrected chi connectivity index (χ1v) is 11.7. The number of anilines is 3. The summed E-state index contributed by atoms with van der Waals surface area (Å²) in [6.07, 6.45) is 3.03. The molecule has 178 valence electrons. The van der Waals surface area contributed by atoms with Gasteiger partial charge in [-0.1, -0.05) is 12.1 Å². The van der Waals surface area contributed by atoms with E-state index in [-0.39, 0.29) is 5.78 Å². The lowest BCUT2D eigenvalue weighted by molar-refractivity contribution is 0.0992. The Balaban J connectivity index is 1.33. The summed E-state index contributed by atoms with van der Waals surface area (Å²) in [4.78, 5) is 27.1. The number of nitrogens with zero attached hydrogens (tertiary/aromatic N) is 3. The lowest BCUT2D eigenvalue weighted by Gasteiger charge is -2.29. The SMILES string of the molecule is COc1cc(N2CCOCC2)ccc1Nc1nc(Oc2cccc3c2C(=O)CC3)c2[nH]ccc2n1. The number of ether oxygens (including phenoxy) is 3. The van der Waals surface area contributed by atoms with Gasteiger partial charge in [-0.05, 0) is 36.2 Å². The molecule has 0 amide bonds. The summed E-state index contributed by atoms with van der Waals surface area (Å²) in [6.45, 7) is 3.11. The maximum atomic E-state index is 12.5. The van der Waals surface area contributed by atoms with Crippen molar-refractivity contribution in [3.05, 3.63) is 59.8 Å². The fourth-order valence-electron chi connectivity index (χ4n) is 4.63. The topological polar surface area (TPSA) is 102 Å². The van der Waals surface area contributed by atoms with Gasteiger partial charge in [-0.2, -0.15) is 4.98 Å². The van der Waals surface area contributed by atoms with Crippen molar-refractivity contribution in [2.75, 3.05) is 43.6 Å². The molecule has 1 aliphatic heterocycles. The molecule has 2 N–H and O–H groups in total. The van der Waals surface area contributed by atoms with Gasteiger partial charge in [0.2, 0.25) is 11.8 Å². The molecule has 1 saturated heterocycles. The molecule has 35 heavy (non-hydrogen) atoms. The number of nitrogens with one attached hydrogen (secondary N) is 2. The number of H-pyrrole nitrogens is 1. The highest BCUT2D eigenvalue weighted by atomic mass is 16.5. The second-order valence-electron chi connectivity index (χ2n) is 8.51. The predicted octanol–water partition coefficient (Wildman–Crippen LogP) is 4.47. The predicted molar refractivity (Wildman–Crippen MR) is 132 cm³/mol. The van der Waals surface area contributed by atoms with Crippen LogP contribution in [0.2, 0.25) is 0 Å². The number of ketones is 1. The first kappa shape index (κ1) is 21.4. The molecular weight excluding hydrogens is 446 g/mol. The number of benzene rings is 2. The molecule has 0 spiro atoms. The Morgan fingerprint density at radius 1 is 1.06 bits per heavy atom. The summed E-state index contributed by atoms with van der Waals surface area (Å²) >= 11 is 0. The highest BCUT2D eigenvalue weighted by Gasteiger charge is 2.25. The van der Waals surface area contributed by atoms with Crippen LogP contribution in [0.4, 0.5) is 17.3 Å². The Kier molecular flexibility index (Phi) is 5.46. The molecular formula is C26H25N5O4. The highest BCUT2D eigenvalue weighted by molar-refractivity contribution is 6.03. The van der Waals surface area contributed by atoms with Crippen molar-refractivity contribution in [3.8, 4) is 17.4 Å². The summed E-state index contributed by atoms with van der Waals surface area (Å²) in [5.74, 6) is 2.00. The second kappa shape index (κ2) is 8.92. The largest absolute Gasteiger partial charge is 0.494 e. The molecule has 3 heterocycles. The smallest absolute Gasteiger partial charge is 0.248 e. The van der Waals surface area contributed by atoms with E-state index in [2.05, 4.69) is 25.2 Å².